The number of primary amides is 1. The standard InChI is InChI=1S/C36H37N7O4S/c1-21-24(6-3-8-27(21)40-34-33-23(11-14-38-34)17-22(18-39-33)5-2-10-31(37)44)25-7-4-9-29-26(25)12-16-43(29)36(47)35-41-28-13-15-42(20-32(45)46)19-30(28)48-35/h3-4,6-9,11,14,17-18,28,30H,2,5,10,12-13,15-16,19-20H2,1H3,(H2,37,44)(H,38,40)(H,45,46). The van der Waals surface area contributed by atoms with Gasteiger partial charge in [-0.15, -0.1) is 0 Å². The van der Waals surface area contributed by atoms with Crippen LogP contribution in [0.4, 0.5) is 17.2 Å². The summed E-state index contributed by atoms with van der Waals surface area (Å²) in [5.41, 5.74) is 13.3. The maximum absolute atomic E-state index is 13.8. The highest BCUT2D eigenvalue weighted by molar-refractivity contribution is 8.16. The number of nitrogens with zero attached hydrogens (tertiary/aromatic N) is 5. The fourth-order valence-electron chi connectivity index (χ4n) is 7.00. The number of carboxylic acid groups (broad SMARTS) is 1. The van der Waals surface area contributed by atoms with Gasteiger partial charge in [-0.1, -0.05) is 36.0 Å². The van der Waals surface area contributed by atoms with Crippen molar-refractivity contribution >= 4 is 62.7 Å². The van der Waals surface area contributed by atoms with Crippen molar-refractivity contribution in [3.05, 3.63) is 77.6 Å². The maximum Gasteiger partial charge on any atom is 0.317 e. The zero-order valence-corrected chi connectivity index (χ0v) is 27.5. The van der Waals surface area contributed by atoms with E-state index in [9.17, 15) is 19.5 Å². The lowest BCUT2D eigenvalue weighted by Gasteiger charge is -2.32. The lowest BCUT2D eigenvalue weighted by molar-refractivity contribution is -0.138. The molecule has 0 saturated carbocycles. The number of aryl methyl sites for hydroxylation is 1. The largest absolute Gasteiger partial charge is 0.480 e. The normalized spacial score (nSPS) is 18.8. The first kappa shape index (κ1) is 31.8. The van der Waals surface area contributed by atoms with Crippen molar-refractivity contribution in [1.82, 2.24) is 14.9 Å². The Morgan fingerprint density at radius 2 is 1.92 bits per heavy atom. The Labute approximate surface area is 282 Å². The van der Waals surface area contributed by atoms with Crippen LogP contribution in [0.25, 0.3) is 22.0 Å². The summed E-state index contributed by atoms with van der Waals surface area (Å²) in [5, 5.41) is 14.3. The lowest BCUT2D eigenvalue weighted by atomic mass is 9.93. The summed E-state index contributed by atoms with van der Waals surface area (Å²) in [5.74, 6) is -0.546. The number of likely N-dealkylation sites (tertiary alicyclic amines) is 1. The number of nitrogens with one attached hydrogen (secondary N) is 1. The molecule has 2 atom stereocenters. The van der Waals surface area contributed by atoms with Crippen LogP contribution in [-0.4, -0.2) is 80.3 Å². The van der Waals surface area contributed by atoms with Crippen molar-refractivity contribution < 1.29 is 19.5 Å². The first-order valence-electron chi connectivity index (χ1n) is 16.3. The number of hydrogen-bond acceptors (Lipinski definition) is 9. The van der Waals surface area contributed by atoms with E-state index in [1.54, 1.807) is 6.20 Å². The number of aliphatic carboxylic acids is 1. The molecule has 2 aromatic carbocycles. The highest BCUT2D eigenvalue weighted by Crippen LogP contribution is 2.41. The van der Waals surface area contributed by atoms with E-state index in [1.165, 1.54) is 11.8 Å². The number of benzene rings is 2. The maximum atomic E-state index is 13.8. The van der Waals surface area contributed by atoms with Gasteiger partial charge in [0.15, 0.2) is 10.9 Å². The minimum absolute atomic E-state index is 0.0163. The van der Waals surface area contributed by atoms with E-state index in [0.29, 0.717) is 43.3 Å². The number of carboxylic acids is 1. The predicted molar refractivity (Wildman–Crippen MR) is 189 cm³/mol. The van der Waals surface area contributed by atoms with Crippen LogP contribution in [0, 0.1) is 6.92 Å². The second-order valence-electron chi connectivity index (χ2n) is 12.6. The Morgan fingerprint density at radius 3 is 2.75 bits per heavy atom. The number of aliphatic imine (C=N–C) groups is 1. The number of pyridine rings is 2. The van der Waals surface area contributed by atoms with Crippen LogP contribution < -0.4 is 16.0 Å². The molecule has 0 spiro atoms. The van der Waals surface area contributed by atoms with Crippen molar-refractivity contribution in [1.29, 1.82) is 0 Å². The minimum Gasteiger partial charge on any atom is -0.480 e. The molecule has 246 valence electrons. The van der Waals surface area contributed by atoms with Crippen LogP contribution in [0.15, 0.2) is 65.9 Å². The molecule has 12 heteroatoms. The van der Waals surface area contributed by atoms with Gasteiger partial charge < -0.3 is 21.1 Å². The summed E-state index contributed by atoms with van der Waals surface area (Å²) >= 11 is 1.49. The zero-order valence-electron chi connectivity index (χ0n) is 26.7. The smallest absolute Gasteiger partial charge is 0.317 e. The summed E-state index contributed by atoms with van der Waals surface area (Å²) in [6.45, 7) is 3.98. The van der Waals surface area contributed by atoms with Gasteiger partial charge in [-0.25, -0.2) is 4.98 Å². The first-order chi connectivity index (χ1) is 23.2. The number of aromatic nitrogens is 2. The van der Waals surface area contributed by atoms with Gasteiger partial charge in [-0.05, 0) is 84.7 Å². The number of fused-ring (bicyclic) bond motifs is 3. The quantitative estimate of drug-likeness (QED) is 0.219. The second-order valence-corrected chi connectivity index (χ2v) is 13.8. The molecular weight excluding hydrogens is 627 g/mol. The topological polar surface area (TPSA) is 154 Å². The molecule has 2 amide bonds. The van der Waals surface area contributed by atoms with Crippen LogP contribution in [0.3, 0.4) is 0 Å². The van der Waals surface area contributed by atoms with Gasteiger partial charge in [-0.2, -0.15) is 0 Å². The molecule has 7 rings (SSSR count). The third kappa shape index (κ3) is 6.37. The van der Waals surface area contributed by atoms with Crippen molar-refractivity contribution in [2.24, 2.45) is 10.7 Å². The number of hydrogen-bond donors (Lipinski definition) is 3. The third-order valence-corrected chi connectivity index (χ3v) is 10.7. The number of rotatable bonds is 10. The van der Waals surface area contributed by atoms with E-state index in [4.69, 9.17) is 15.7 Å². The molecule has 0 bridgehead atoms. The minimum atomic E-state index is -0.832. The Balaban J connectivity index is 1.10. The molecule has 1 saturated heterocycles. The molecule has 0 aliphatic carbocycles. The van der Waals surface area contributed by atoms with E-state index in [-0.39, 0.29) is 29.7 Å². The zero-order chi connectivity index (χ0) is 33.4. The molecule has 2 unspecified atom stereocenters. The predicted octanol–water partition coefficient (Wildman–Crippen LogP) is 4.72. The molecule has 48 heavy (non-hydrogen) atoms. The van der Waals surface area contributed by atoms with E-state index >= 15 is 0 Å². The van der Waals surface area contributed by atoms with Crippen LogP contribution in [0.5, 0.6) is 0 Å². The monoisotopic (exact) mass is 663 g/mol. The first-order valence-corrected chi connectivity index (χ1v) is 17.1. The van der Waals surface area contributed by atoms with Crippen LogP contribution in [0.2, 0.25) is 0 Å². The van der Waals surface area contributed by atoms with Crippen molar-refractivity contribution in [3.8, 4) is 11.1 Å². The number of carbonyl (C=O) groups excluding carboxylic acids is 2. The molecule has 4 aromatic rings. The highest BCUT2D eigenvalue weighted by atomic mass is 32.2. The SMILES string of the molecule is Cc1c(Nc2nccc3cc(CCCC(N)=O)cnc23)cccc1-c1cccc2c1CCN2C(=O)C1=NC2CCN(CC(=O)O)CC2S1. The number of amides is 2. The fourth-order valence-corrected chi connectivity index (χ4v) is 8.33. The lowest BCUT2D eigenvalue weighted by Crippen LogP contribution is -2.45. The summed E-state index contributed by atoms with van der Waals surface area (Å²) in [6, 6.07) is 16.4. The van der Waals surface area contributed by atoms with Gasteiger partial charge >= 0.3 is 5.97 Å². The highest BCUT2D eigenvalue weighted by Gasteiger charge is 2.40. The average Bonchev–Trinajstić information content (AvgIpc) is 3.70. The van der Waals surface area contributed by atoms with Gasteiger partial charge in [0, 0.05) is 60.5 Å². The number of piperidine rings is 1. The molecule has 11 nitrogen and oxygen atoms in total. The van der Waals surface area contributed by atoms with E-state index in [0.717, 1.165) is 69.4 Å². The molecule has 4 N–H and O–H groups in total. The number of thioether (sulfide) groups is 1. The van der Waals surface area contributed by atoms with Crippen LogP contribution in [-0.2, 0) is 27.2 Å². The van der Waals surface area contributed by atoms with Crippen molar-refractivity contribution in [2.45, 2.75) is 50.3 Å². The third-order valence-electron chi connectivity index (χ3n) is 9.39. The van der Waals surface area contributed by atoms with Crippen molar-refractivity contribution in [3.63, 3.8) is 0 Å². The number of anilines is 3. The van der Waals surface area contributed by atoms with Crippen LogP contribution >= 0.6 is 11.8 Å². The molecule has 3 aliphatic rings. The van der Waals surface area contributed by atoms with Gasteiger partial charge in [0.25, 0.3) is 5.91 Å². The van der Waals surface area contributed by atoms with E-state index < -0.39 is 5.97 Å². The Morgan fingerprint density at radius 1 is 1.08 bits per heavy atom. The molecule has 5 heterocycles. The Kier molecular flexibility index (Phi) is 8.84. The second kappa shape index (κ2) is 13.4. The average molecular weight is 664 g/mol. The molecule has 3 aliphatic heterocycles. The summed E-state index contributed by atoms with van der Waals surface area (Å²) < 4.78 is 0. The molecular formula is C36H37N7O4S. The molecule has 0 radical (unpaired) electrons. The fraction of sp³-hybridized carbons (Fsp3) is 0.333. The number of carbonyl (C=O) groups is 3. The van der Waals surface area contributed by atoms with Crippen LogP contribution in [0.1, 0.15) is 36.0 Å². The molecule has 1 fully saturated rings. The summed E-state index contributed by atoms with van der Waals surface area (Å²) in [4.78, 5) is 54.1. The van der Waals surface area contributed by atoms with Gasteiger partial charge in [0.2, 0.25) is 5.91 Å². The Hall–Kier alpha value is -4.81. The van der Waals surface area contributed by atoms with E-state index in [2.05, 4.69) is 35.4 Å². The van der Waals surface area contributed by atoms with Gasteiger partial charge in [0.1, 0.15) is 5.52 Å². The summed E-state index contributed by atoms with van der Waals surface area (Å²) in [7, 11) is 0. The van der Waals surface area contributed by atoms with Crippen molar-refractivity contribution in [2.75, 3.05) is 36.4 Å². The Bertz CT molecular complexity index is 1960. The number of nitrogens with two attached hydrogens (primary N) is 1. The molecule has 2 aromatic heterocycles. The van der Waals surface area contributed by atoms with Gasteiger partial charge in [0.05, 0.1) is 12.6 Å². The van der Waals surface area contributed by atoms with E-state index in [1.807, 2.05) is 46.3 Å². The summed E-state index contributed by atoms with van der Waals surface area (Å²) in [6.07, 6.45) is 6.85. The van der Waals surface area contributed by atoms with Gasteiger partial charge in [-0.3, -0.25) is 29.3 Å².